The second kappa shape index (κ2) is 4.93. The predicted molar refractivity (Wildman–Crippen MR) is 67.1 cm³/mol. The van der Waals surface area contributed by atoms with Crippen molar-refractivity contribution in [2.24, 2.45) is 5.73 Å². The molecule has 1 aromatic heterocycles. The Morgan fingerprint density at radius 3 is 2.37 bits per heavy atom. The SMILES string of the molecule is COc1ccc(C(N)=O)c(=O)n1-c1ccc(F)cc1. The number of ether oxygens (including phenoxy) is 1. The minimum Gasteiger partial charge on any atom is -0.482 e. The van der Waals surface area contributed by atoms with Crippen LogP contribution in [0.25, 0.3) is 5.69 Å². The van der Waals surface area contributed by atoms with Crippen molar-refractivity contribution in [2.75, 3.05) is 7.11 Å². The van der Waals surface area contributed by atoms with E-state index in [0.29, 0.717) is 5.69 Å². The zero-order chi connectivity index (χ0) is 14.0. The van der Waals surface area contributed by atoms with Gasteiger partial charge in [-0.3, -0.25) is 9.59 Å². The van der Waals surface area contributed by atoms with Crippen LogP contribution >= 0.6 is 0 Å². The Hall–Kier alpha value is -2.63. The normalized spacial score (nSPS) is 10.2. The van der Waals surface area contributed by atoms with Crippen molar-refractivity contribution in [3.63, 3.8) is 0 Å². The van der Waals surface area contributed by atoms with Gasteiger partial charge in [0.1, 0.15) is 11.4 Å². The van der Waals surface area contributed by atoms with Crippen LogP contribution in [0.3, 0.4) is 0 Å². The van der Waals surface area contributed by atoms with Gasteiger partial charge in [0, 0.05) is 0 Å². The molecule has 1 aromatic carbocycles. The van der Waals surface area contributed by atoms with Gasteiger partial charge in [0.05, 0.1) is 12.8 Å². The maximum absolute atomic E-state index is 12.9. The number of carbonyl (C=O) groups excluding carboxylic acids is 1. The Labute approximate surface area is 108 Å². The van der Waals surface area contributed by atoms with Gasteiger partial charge in [0.15, 0.2) is 0 Å². The lowest BCUT2D eigenvalue weighted by Crippen LogP contribution is -2.29. The fraction of sp³-hybridized carbons (Fsp3) is 0.0769. The van der Waals surface area contributed by atoms with E-state index in [4.69, 9.17) is 10.5 Å². The number of aromatic nitrogens is 1. The summed E-state index contributed by atoms with van der Waals surface area (Å²) in [5, 5.41) is 0. The summed E-state index contributed by atoms with van der Waals surface area (Å²) in [6.45, 7) is 0. The molecule has 2 aromatic rings. The zero-order valence-electron chi connectivity index (χ0n) is 10.1. The lowest BCUT2D eigenvalue weighted by Gasteiger charge is -2.12. The van der Waals surface area contributed by atoms with Gasteiger partial charge in [0.25, 0.3) is 11.5 Å². The highest BCUT2D eigenvalue weighted by Gasteiger charge is 2.14. The lowest BCUT2D eigenvalue weighted by atomic mass is 10.2. The number of carbonyl (C=O) groups is 1. The molecule has 0 spiro atoms. The Morgan fingerprint density at radius 1 is 1.21 bits per heavy atom. The van der Waals surface area contributed by atoms with Gasteiger partial charge in [-0.05, 0) is 36.4 Å². The third kappa shape index (κ3) is 2.33. The first-order valence-electron chi connectivity index (χ1n) is 5.40. The molecule has 0 unspecified atom stereocenters. The van der Waals surface area contributed by atoms with E-state index in [9.17, 15) is 14.0 Å². The summed E-state index contributed by atoms with van der Waals surface area (Å²) in [6, 6.07) is 7.97. The molecular weight excluding hydrogens is 251 g/mol. The first kappa shape index (κ1) is 12.8. The van der Waals surface area contributed by atoms with Crippen LogP contribution in [0, 0.1) is 5.82 Å². The molecule has 1 amide bonds. The van der Waals surface area contributed by atoms with Gasteiger partial charge >= 0.3 is 0 Å². The van der Waals surface area contributed by atoms with E-state index in [1.165, 1.54) is 43.5 Å². The predicted octanol–water partition coefficient (Wildman–Crippen LogP) is 1.08. The average molecular weight is 262 g/mol. The first-order chi connectivity index (χ1) is 9.04. The van der Waals surface area contributed by atoms with Crippen molar-refractivity contribution in [2.45, 2.75) is 0 Å². The minimum absolute atomic E-state index is 0.162. The summed E-state index contributed by atoms with van der Waals surface area (Å²) in [6.07, 6.45) is 0. The van der Waals surface area contributed by atoms with Crippen molar-refractivity contribution >= 4 is 5.91 Å². The number of halogens is 1. The van der Waals surface area contributed by atoms with Crippen LogP contribution in [-0.2, 0) is 0 Å². The van der Waals surface area contributed by atoms with E-state index in [1.807, 2.05) is 0 Å². The number of rotatable bonds is 3. The molecule has 6 heteroatoms. The molecule has 0 aliphatic heterocycles. The molecule has 1 heterocycles. The van der Waals surface area contributed by atoms with Gasteiger partial charge in [-0.1, -0.05) is 0 Å². The van der Waals surface area contributed by atoms with Crippen molar-refractivity contribution in [3.05, 3.63) is 58.1 Å². The molecule has 0 aliphatic rings. The molecule has 5 nitrogen and oxygen atoms in total. The maximum atomic E-state index is 12.9. The molecule has 0 saturated heterocycles. The first-order valence-corrected chi connectivity index (χ1v) is 5.40. The minimum atomic E-state index is -0.830. The van der Waals surface area contributed by atoms with E-state index in [-0.39, 0.29) is 11.4 Å². The standard InChI is InChI=1S/C13H11FN2O3/c1-19-11-7-6-10(12(15)17)13(18)16(11)9-4-2-8(14)3-5-9/h2-7H,1H3,(H2,15,17). The number of primary amides is 1. The fourth-order valence-corrected chi connectivity index (χ4v) is 1.70. The van der Waals surface area contributed by atoms with E-state index in [2.05, 4.69) is 0 Å². The molecule has 2 N–H and O–H groups in total. The van der Waals surface area contributed by atoms with Crippen molar-refractivity contribution in [3.8, 4) is 11.6 Å². The number of amides is 1. The highest BCUT2D eigenvalue weighted by Crippen LogP contribution is 2.16. The Morgan fingerprint density at radius 2 is 1.84 bits per heavy atom. The number of hydrogen-bond acceptors (Lipinski definition) is 3. The Kier molecular flexibility index (Phi) is 3.33. The number of methoxy groups -OCH3 is 1. The van der Waals surface area contributed by atoms with Crippen LogP contribution in [0.5, 0.6) is 5.88 Å². The van der Waals surface area contributed by atoms with E-state index < -0.39 is 17.3 Å². The molecule has 98 valence electrons. The van der Waals surface area contributed by atoms with Crippen LogP contribution in [-0.4, -0.2) is 17.6 Å². The van der Waals surface area contributed by atoms with Crippen LogP contribution in [0.1, 0.15) is 10.4 Å². The largest absolute Gasteiger partial charge is 0.482 e. The number of pyridine rings is 1. The molecule has 19 heavy (non-hydrogen) atoms. The molecule has 0 radical (unpaired) electrons. The quantitative estimate of drug-likeness (QED) is 0.899. The average Bonchev–Trinajstić information content (AvgIpc) is 2.39. The van der Waals surface area contributed by atoms with Crippen LogP contribution in [0.15, 0.2) is 41.2 Å². The summed E-state index contributed by atoms with van der Waals surface area (Å²) < 4.78 is 19.1. The third-order valence-corrected chi connectivity index (χ3v) is 2.61. The number of hydrogen-bond donors (Lipinski definition) is 1. The van der Waals surface area contributed by atoms with Crippen LogP contribution in [0.2, 0.25) is 0 Å². The van der Waals surface area contributed by atoms with Crippen LogP contribution < -0.4 is 16.0 Å². The molecule has 0 saturated carbocycles. The maximum Gasteiger partial charge on any atom is 0.270 e. The highest BCUT2D eigenvalue weighted by molar-refractivity contribution is 5.92. The molecule has 0 fully saturated rings. The van der Waals surface area contributed by atoms with Gasteiger partial charge in [-0.25, -0.2) is 8.96 Å². The van der Waals surface area contributed by atoms with Crippen molar-refractivity contribution in [1.82, 2.24) is 4.57 Å². The molecule has 0 aliphatic carbocycles. The summed E-state index contributed by atoms with van der Waals surface area (Å²) in [7, 11) is 1.39. The van der Waals surface area contributed by atoms with Crippen molar-refractivity contribution < 1.29 is 13.9 Å². The fourth-order valence-electron chi connectivity index (χ4n) is 1.70. The number of nitrogens with zero attached hydrogens (tertiary/aromatic N) is 1. The van der Waals surface area contributed by atoms with E-state index >= 15 is 0 Å². The topological polar surface area (TPSA) is 74.3 Å². The number of nitrogens with two attached hydrogens (primary N) is 1. The summed E-state index contributed by atoms with van der Waals surface area (Å²) in [4.78, 5) is 23.3. The molecule has 0 atom stereocenters. The summed E-state index contributed by atoms with van der Waals surface area (Å²) in [5.74, 6) is -1.04. The van der Waals surface area contributed by atoms with Gasteiger partial charge in [-0.2, -0.15) is 0 Å². The van der Waals surface area contributed by atoms with Crippen LogP contribution in [0.4, 0.5) is 4.39 Å². The molecule has 0 bridgehead atoms. The highest BCUT2D eigenvalue weighted by atomic mass is 19.1. The summed E-state index contributed by atoms with van der Waals surface area (Å²) >= 11 is 0. The second-order valence-corrected chi connectivity index (χ2v) is 3.77. The van der Waals surface area contributed by atoms with Gasteiger partial charge < -0.3 is 10.5 Å². The summed E-state index contributed by atoms with van der Waals surface area (Å²) in [5.41, 5.74) is 4.73. The Balaban J connectivity index is 2.73. The van der Waals surface area contributed by atoms with E-state index in [0.717, 1.165) is 4.57 Å². The Bertz CT molecular complexity index is 677. The zero-order valence-corrected chi connectivity index (χ0v) is 10.1. The van der Waals surface area contributed by atoms with Gasteiger partial charge in [-0.15, -0.1) is 0 Å². The molecular formula is C13H11FN2O3. The smallest absolute Gasteiger partial charge is 0.270 e. The van der Waals surface area contributed by atoms with E-state index in [1.54, 1.807) is 0 Å². The third-order valence-electron chi connectivity index (χ3n) is 2.61. The second-order valence-electron chi connectivity index (χ2n) is 3.77. The monoisotopic (exact) mass is 262 g/mol. The lowest BCUT2D eigenvalue weighted by molar-refractivity contribution is 0.0998. The molecule has 2 rings (SSSR count). The van der Waals surface area contributed by atoms with Crippen molar-refractivity contribution in [1.29, 1.82) is 0 Å². The van der Waals surface area contributed by atoms with Gasteiger partial charge in [0.2, 0.25) is 5.88 Å². The number of benzene rings is 1.